The molecule has 2 aromatic rings. The van der Waals surface area contributed by atoms with Crippen LogP contribution in [0.4, 0.5) is 14.4 Å². The molecule has 1 atom stereocenters. The molecule has 2 N–H and O–H groups in total. The van der Waals surface area contributed by atoms with Crippen molar-refractivity contribution in [2.45, 2.75) is 38.6 Å². The van der Waals surface area contributed by atoms with Crippen molar-refractivity contribution in [2.24, 2.45) is 0 Å². The standard InChI is InChI=1S/C26H28N2O9/c1-3-35-25(33)28(26(34)36-4-2)22(29)14-13-21(23(30)31)27-24(32)37-15-20-18-11-7-5-9-16(18)17-10-6-8-12-19(17)20/h5-12,20-21H,3-4,13-15H2,1-2H3,(H,27,32)(H,30,31)/t21-/m0/s1. The molecule has 1 aliphatic rings. The average molecular weight is 513 g/mol. The molecule has 2 aromatic carbocycles. The van der Waals surface area contributed by atoms with Gasteiger partial charge in [-0.05, 0) is 42.5 Å². The molecule has 0 aromatic heterocycles. The minimum atomic E-state index is -1.51. The number of carbonyl (C=O) groups excluding carboxylic acids is 4. The van der Waals surface area contributed by atoms with E-state index in [9.17, 15) is 29.1 Å². The van der Waals surface area contributed by atoms with Gasteiger partial charge in [0, 0.05) is 12.3 Å². The van der Waals surface area contributed by atoms with Gasteiger partial charge in [0.05, 0.1) is 13.2 Å². The Morgan fingerprint density at radius 3 is 1.86 bits per heavy atom. The third-order valence-electron chi connectivity index (χ3n) is 5.73. The maximum Gasteiger partial charge on any atom is 0.426 e. The monoisotopic (exact) mass is 512 g/mol. The quantitative estimate of drug-likeness (QED) is 0.477. The van der Waals surface area contributed by atoms with Crippen LogP contribution in [0.1, 0.15) is 43.7 Å². The number of carboxylic acids is 1. The summed E-state index contributed by atoms with van der Waals surface area (Å²) in [6.07, 6.45) is -4.41. The predicted octanol–water partition coefficient (Wildman–Crippen LogP) is 3.90. The Balaban J connectivity index is 1.61. The van der Waals surface area contributed by atoms with Gasteiger partial charge in [-0.3, -0.25) is 4.79 Å². The van der Waals surface area contributed by atoms with E-state index in [0.29, 0.717) is 0 Å². The van der Waals surface area contributed by atoms with Gasteiger partial charge < -0.3 is 24.6 Å². The molecular weight excluding hydrogens is 484 g/mol. The van der Waals surface area contributed by atoms with Gasteiger partial charge in [0.2, 0.25) is 5.91 Å². The first-order valence-corrected chi connectivity index (χ1v) is 11.8. The van der Waals surface area contributed by atoms with Crippen molar-refractivity contribution in [3.63, 3.8) is 0 Å². The van der Waals surface area contributed by atoms with Crippen LogP contribution in [0.25, 0.3) is 11.1 Å². The molecule has 1 aliphatic carbocycles. The zero-order valence-corrected chi connectivity index (χ0v) is 20.5. The lowest BCUT2D eigenvalue weighted by molar-refractivity contribution is -0.139. The Morgan fingerprint density at radius 2 is 1.38 bits per heavy atom. The predicted molar refractivity (Wildman–Crippen MR) is 130 cm³/mol. The molecular formula is C26H28N2O9. The minimum absolute atomic E-state index is 0.0232. The summed E-state index contributed by atoms with van der Waals surface area (Å²) in [5.41, 5.74) is 4.08. The zero-order chi connectivity index (χ0) is 26.9. The van der Waals surface area contributed by atoms with Crippen LogP contribution in [0.2, 0.25) is 0 Å². The molecule has 0 bridgehead atoms. The highest BCUT2D eigenvalue weighted by Crippen LogP contribution is 2.44. The van der Waals surface area contributed by atoms with Gasteiger partial charge in [0.1, 0.15) is 12.6 Å². The Hall–Kier alpha value is -4.41. The number of hydrogen-bond acceptors (Lipinski definition) is 8. The molecule has 0 fully saturated rings. The third kappa shape index (κ3) is 6.43. The summed E-state index contributed by atoms with van der Waals surface area (Å²) in [6.45, 7) is 2.77. The lowest BCUT2D eigenvalue weighted by atomic mass is 9.98. The molecule has 0 saturated heterocycles. The molecule has 4 amide bonds. The molecule has 3 rings (SSSR count). The van der Waals surface area contributed by atoms with Crippen molar-refractivity contribution >= 4 is 30.2 Å². The number of alkyl carbamates (subject to hydrolysis) is 1. The highest BCUT2D eigenvalue weighted by molar-refractivity contribution is 6.06. The van der Waals surface area contributed by atoms with Gasteiger partial charge >= 0.3 is 24.2 Å². The van der Waals surface area contributed by atoms with Crippen molar-refractivity contribution in [1.82, 2.24) is 10.2 Å². The fourth-order valence-corrected chi connectivity index (χ4v) is 4.07. The normalized spacial score (nSPS) is 12.5. The number of nitrogens with zero attached hydrogens (tertiary/aromatic N) is 1. The summed E-state index contributed by atoms with van der Waals surface area (Å²) in [5.74, 6) is -2.66. The second kappa shape index (κ2) is 12.5. The Bertz CT molecular complexity index is 1120. The second-order valence-electron chi connectivity index (χ2n) is 8.03. The van der Waals surface area contributed by atoms with Crippen LogP contribution in [0.15, 0.2) is 48.5 Å². The van der Waals surface area contributed by atoms with Gasteiger partial charge in [-0.25, -0.2) is 19.2 Å². The summed E-state index contributed by atoms with van der Waals surface area (Å²) < 4.78 is 14.8. The number of carboxylic acid groups (broad SMARTS) is 1. The first kappa shape index (κ1) is 27.2. The Kier molecular flexibility index (Phi) is 9.20. The molecule has 11 heteroatoms. The fourth-order valence-electron chi connectivity index (χ4n) is 4.07. The fraction of sp³-hybridized carbons (Fsp3) is 0.346. The Labute approximate surface area is 213 Å². The molecule has 0 radical (unpaired) electrons. The maximum atomic E-state index is 12.5. The van der Waals surface area contributed by atoms with Crippen LogP contribution in [-0.4, -0.2) is 66.0 Å². The van der Waals surface area contributed by atoms with E-state index in [1.807, 2.05) is 48.5 Å². The lowest BCUT2D eigenvalue weighted by Gasteiger charge is -2.19. The number of aliphatic carboxylic acids is 1. The number of benzene rings is 2. The van der Waals surface area contributed by atoms with Crippen molar-refractivity contribution < 1.29 is 43.3 Å². The number of nitrogens with one attached hydrogen (secondary N) is 1. The summed E-state index contributed by atoms with van der Waals surface area (Å²) >= 11 is 0. The first-order valence-electron chi connectivity index (χ1n) is 11.8. The average Bonchev–Trinajstić information content (AvgIpc) is 3.19. The van der Waals surface area contributed by atoms with Gasteiger partial charge in [-0.1, -0.05) is 48.5 Å². The summed E-state index contributed by atoms with van der Waals surface area (Å²) in [5, 5.41) is 11.7. The van der Waals surface area contributed by atoms with E-state index in [1.54, 1.807) is 0 Å². The van der Waals surface area contributed by atoms with Gasteiger partial charge in [0.15, 0.2) is 0 Å². The largest absolute Gasteiger partial charge is 0.480 e. The van der Waals surface area contributed by atoms with E-state index in [0.717, 1.165) is 22.3 Å². The maximum absolute atomic E-state index is 12.5. The van der Waals surface area contributed by atoms with Gasteiger partial charge in [-0.2, -0.15) is 0 Å². The van der Waals surface area contributed by atoms with Crippen LogP contribution in [-0.2, 0) is 23.8 Å². The SMILES string of the molecule is CCOC(=O)N(C(=O)CC[C@H](NC(=O)OCC1c2ccccc2-c2ccccc21)C(=O)O)C(=O)OCC. The van der Waals surface area contributed by atoms with Gasteiger partial charge in [-0.15, -0.1) is 4.90 Å². The summed E-state index contributed by atoms with van der Waals surface area (Å²) in [6, 6.07) is 14.0. The van der Waals surface area contributed by atoms with E-state index in [4.69, 9.17) is 14.2 Å². The van der Waals surface area contributed by atoms with Crippen LogP contribution in [0.5, 0.6) is 0 Å². The van der Waals surface area contributed by atoms with Crippen molar-refractivity contribution in [2.75, 3.05) is 19.8 Å². The number of rotatable bonds is 9. The summed E-state index contributed by atoms with van der Waals surface area (Å²) in [4.78, 5) is 60.9. The van der Waals surface area contributed by atoms with Crippen molar-refractivity contribution in [3.8, 4) is 11.1 Å². The number of ether oxygens (including phenoxy) is 3. The molecule has 0 saturated carbocycles. The second-order valence-corrected chi connectivity index (χ2v) is 8.03. The topological polar surface area (TPSA) is 149 Å². The van der Waals surface area contributed by atoms with E-state index in [-0.39, 0.29) is 30.6 Å². The Morgan fingerprint density at radius 1 is 0.865 bits per heavy atom. The van der Waals surface area contributed by atoms with E-state index in [1.165, 1.54) is 13.8 Å². The first-order chi connectivity index (χ1) is 17.8. The van der Waals surface area contributed by atoms with Crippen LogP contribution < -0.4 is 5.32 Å². The van der Waals surface area contributed by atoms with Gasteiger partial charge in [0.25, 0.3) is 0 Å². The van der Waals surface area contributed by atoms with Crippen molar-refractivity contribution in [1.29, 1.82) is 0 Å². The molecule has 196 valence electrons. The molecule has 37 heavy (non-hydrogen) atoms. The van der Waals surface area contributed by atoms with Crippen LogP contribution in [0.3, 0.4) is 0 Å². The number of hydrogen-bond donors (Lipinski definition) is 2. The molecule has 0 spiro atoms. The van der Waals surface area contributed by atoms with Crippen LogP contribution >= 0.6 is 0 Å². The number of imide groups is 3. The number of fused-ring (bicyclic) bond motifs is 3. The molecule has 11 nitrogen and oxygen atoms in total. The highest BCUT2D eigenvalue weighted by atomic mass is 16.6. The number of carbonyl (C=O) groups is 5. The number of amides is 4. The lowest BCUT2D eigenvalue weighted by Crippen LogP contribution is -2.45. The van der Waals surface area contributed by atoms with Crippen molar-refractivity contribution in [3.05, 3.63) is 59.7 Å². The zero-order valence-electron chi connectivity index (χ0n) is 20.5. The highest BCUT2D eigenvalue weighted by Gasteiger charge is 2.33. The molecule has 0 aliphatic heterocycles. The van der Waals surface area contributed by atoms with E-state index < -0.39 is 49.0 Å². The molecule has 0 heterocycles. The third-order valence-corrected chi connectivity index (χ3v) is 5.73. The summed E-state index contributed by atoms with van der Waals surface area (Å²) in [7, 11) is 0. The van der Waals surface area contributed by atoms with Crippen LogP contribution in [0, 0.1) is 0 Å². The molecule has 0 unspecified atom stereocenters. The van der Waals surface area contributed by atoms with E-state index >= 15 is 0 Å². The smallest absolute Gasteiger partial charge is 0.426 e. The minimum Gasteiger partial charge on any atom is -0.480 e. The van der Waals surface area contributed by atoms with E-state index in [2.05, 4.69) is 5.32 Å².